The zero-order chi connectivity index (χ0) is 30.7. The van der Waals surface area contributed by atoms with E-state index in [4.69, 9.17) is 9.68 Å². The van der Waals surface area contributed by atoms with E-state index in [0.717, 1.165) is 89.6 Å². The number of carbonyl (C=O) groups is 2. The molecule has 6 aliphatic heterocycles. The van der Waals surface area contributed by atoms with Crippen LogP contribution in [0.3, 0.4) is 0 Å². The highest BCUT2D eigenvalue weighted by atomic mass is 16.7. The predicted octanol–water partition coefficient (Wildman–Crippen LogP) is 1.54. The Bertz CT molecular complexity index is 1410. The number of rotatable bonds is 9. The number of aliphatic imine (C=N–C) groups is 2. The van der Waals surface area contributed by atoms with Gasteiger partial charge in [-0.3, -0.25) is 19.3 Å². The number of nitrogens with one attached hydrogen (secondary N) is 2. The number of nitrogens with zero attached hydrogens (tertiary/aromatic N) is 8. The first-order valence-corrected chi connectivity index (χ1v) is 14.4. The Morgan fingerprint density at radius 3 is 1.67 bits per heavy atom. The molecule has 0 spiro atoms. The largest absolute Gasteiger partial charge is 0.352 e. The van der Waals surface area contributed by atoms with E-state index < -0.39 is 0 Å². The fourth-order valence-electron chi connectivity index (χ4n) is 5.89. The van der Waals surface area contributed by atoms with E-state index >= 15 is 0 Å². The van der Waals surface area contributed by atoms with Crippen molar-refractivity contribution in [3.63, 3.8) is 0 Å². The molecule has 0 fully saturated rings. The van der Waals surface area contributed by atoms with Gasteiger partial charge in [0.05, 0.1) is 61.8 Å². The van der Waals surface area contributed by atoms with Crippen LogP contribution in [-0.2, 0) is 19.3 Å². The zero-order valence-electron chi connectivity index (χ0n) is 25.6. The highest BCUT2D eigenvalue weighted by Crippen LogP contribution is 2.37. The molecule has 230 valence electrons. The summed E-state index contributed by atoms with van der Waals surface area (Å²) < 4.78 is 0. The van der Waals surface area contributed by atoms with Crippen molar-refractivity contribution >= 4 is 25.2 Å². The molecule has 0 aromatic carbocycles. The third-order valence-corrected chi connectivity index (χ3v) is 7.86. The molecule has 0 saturated heterocycles. The van der Waals surface area contributed by atoms with Crippen molar-refractivity contribution in [3.8, 4) is 0 Å². The van der Waals surface area contributed by atoms with Crippen molar-refractivity contribution in [1.29, 1.82) is 0 Å². The zero-order valence-corrected chi connectivity index (χ0v) is 25.6. The van der Waals surface area contributed by atoms with E-state index in [1.165, 1.54) is 0 Å². The maximum atomic E-state index is 10.9. The molecule has 0 aromatic rings. The van der Waals surface area contributed by atoms with Crippen molar-refractivity contribution < 1.29 is 19.3 Å². The second-order valence-electron chi connectivity index (χ2n) is 10.6. The quantitative estimate of drug-likeness (QED) is 0.382. The Hall–Kier alpha value is -4.56. The standard InChI is InChI=1S/C15H21N5O2.C14H19N5O2/c1-4-5-18-7-11(2)13(17-9-21)14-15(18)20-10-19(22-3)8-12(20)6-16-14;1-4-17-6-10(2)12(16-8-20)13-14(17)19-9-18(21-3)7-11(19)5-15-13/h6,8-9H,4-5,7,10H2,1-3H3,(H,17,21);5,7-8H,4,6,9H2,1-3H3,(H,16,20). The summed E-state index contributed by atoms with van der Waals surface area (Å²) in [6, 6.07) is 0. The van der Waals surface area contributed by atoms with Crippen molar-refractivity contribution in [2.24, 2.45) is 9.98 Å². The molecular weight excluding hydrogens is 552 g/mol. The van der Waals surface area contributed by atoms with Crippen LogP contribution in [-0.4, -0.2) is 109 Å². The fraction of sp³-hybridized carbons (Fsp3) is 0.448. The average Bonchev–Trinajstić information content (AvgIpc) is 3.64. The minimum absolute atomic E-state index is 0.612. The highest BCUT2D eigenvalue weighted by Gasteiger charge is 2.37. The number of hydrogen-bond donors (Lipinski definition) is 2. The van der Waals surface area contributed by atoms with Gasteiger partial charge in [0, 0.05) is 26.2 Å². The number of carbonyl (C=O) groups excluding carboxylic acids is 2. The smallest absolute Gasteiger partial charge is 0.211 e. The van der Waals surface area contributed by atoms with Gasteiger partial charge < -0.3 is 30.2 Å². The molecule has 2 amide bonds. The van der Waals surface area contributed by atoms with Gasteiger partial charge in [-0.1, -0.05) is 6.92 Å². The molecule has 6 aliphatic rings. The maximum absolute atomic E-state index is 10.9. The predicted molar refractivity (Wildman–Crippen MR) is 161 cm³/mol. The van der Waals surface area contributed by atoms with Crippen LogP contribution in [0.15, 0.2) is 79.4 Å². The van der Waals surface area contributed by atoms with Crippen LogP contribution in [0.4, 0.5) is 0 Å². The molecule has 2 N–H and O–H groups in total. The average molecular weight is 593 g/mol. The van der Waals surface area contributed by atoms with E-state index in [2.05, 4.69) is 54.1 Å². The van der Waals surface area contributed by atoms with Crippen LogP contribution in [0.25, 0.3) is 0 Å². The Morgan fingerprint density at radius 1 is 0.791 bits per heavy atom. The van der Waals surface area contributed by atoms with Crippen LogP contribution in [0, 0.1) is 0 Å². The lowest BCUT2D eigenvalue weighted by atomic mass is 10.1. The second kappa shape index (κ2) is 12.8. The number of likely N-dealkylation sites (N-methyl/N-ethyl adjacent to an activating group) is 1. The molecule has 6 rings (SSSR count). The van der Waals surface area contributed by atoms with Gasteiger partial charge in [-0.15, -0.1) is 0 Å². The molecule has 0 radical (unpaired) electrons. The minimum atomic E-state index is 0.612. The summed E-state index contributed by atoms with van der Waals surface area (Å²) in [4.78, 5) is 50.4. The Morgan fingerprint density at radius 2 is 1.26 bits per heavy atom. The fourth-order valence-corrected chi connectivity index (χ4v) is 5.89. The summed E-state index contributed by atoms with van der Waals surface area (Å²) in [5.41, 5.74) is 7.44. The first-order chi connectivity index (χ1) is 20.9. The molecule has 6 heterocycles. The molecule has 0 unspecified atom stereocenters. The van der Waals surface area contributed by atoms with E-state index in [1.54, 1.807) is 30.6 Å². The third kappa shape index (κ3) is 5.50. The SMILES string of the molecule is CCCN1CC(C)=C(NC=O)C2=C1N1CN(OC)C=C1C=N2.CCN1CC(C)=C(NC=O)C2=C1N1CN(OC)C=C1C=N2. The summed E-state index contributed by atoms with van der Waals surface area (Å²) in [6.45, 7) is 12.9. The van der Waals surface area contributed by atoms with Gasteiger partial charge in [0.2, 0.25) is 12.8 Å². The first kappa shape index (κ1) is 29.9. The van der Waals surface area contributed by atoms with E-state index in [0.29, 0.717) is 26.2 Å². The van der Waals surface area contributed by atoms with Crippen LogP contribution >= 0.6 is 0 Å². The van der Waals surface area contributed by atoms with Crippen LogP contribution in [0.2, 0.25) is 0 Å². The van der Waals surface area contributed by atoms with E-state index in [-0.39, 0.29) is 0 Å². The van der Waals surface area contributed by atoms with E-state index in [1.807, 2.05) is 32.5 Å². The number of hydrogen-bond acceptors (Lipinski definition) is 12. The molecule has 0 atom stereocenters. The molecule has 0 bridgehead atoms. The molecule has 0 aromatic heterocycles. The number of allylic oxidation sites excluding steroid dienone is 2. The molecule has 14 heteroatoms. The monoisotopic (exact) mass is 592 g/mol. The first-order valence-electron chi connectivity index (χ1n) is 14.4. The minimum Gasteiger partial charge on any atom is -0.352 e. The summed E-state index contributed by atoms with van der Waals surface area (Å²) in [5, 5.41) is 9.12. The van der Waals surface area contributed by atoms with Crippen molar-refractivity contribution in [2.75, 3.05) is 53.7 Å². The summed E-state index contributed by atoms with van der Waals surface area (Å²) >= 11 is 0. The van der Waals surface area contributed by atoms with Crippen LogP contribution in [0.5, 0.6) is 0 Å². The molecule has 43 heavy (non-hydrogen) atoms. The molecule has 0 aliphatic carbocycles. The Labute approximate surface area is 252 Å². The molecular formula is C29H40N10O4. The Kier molecular flexibility index (Phi) is 8.87. The normalized spacial score (nSPS) is 20.5. The summed E-state index contributed by atoms with van der Waals surface area (Å²) in [7, 11) is 3.29. The maximum Gasteiger partial charge on any atom is 0.211 e. The van der Waals surface area contributed by atoms with Gasteiger partial charge in [-0.25, -0.2) is 20.1 Å². The number of hydroxylamine groups is 4. The third-order valence-electron chi connectivity index (χ3n) is 7.86. The lowest BCUT2D eigenvalue weighted by molar-refractivity contribution is -0.109. The Balaban J connectivity index is 0.000000171. The second-order valence-corrected chi connectivity index (χ2v) is 10.6. The van der Waals surface area contributed by atoms with Gasteiger partial charge in [0.25, 0.3) is 0 Å². The van der Waals surface area contributed by atoms with Gasteiger partial charge >= 0.3 is 0 Å². The summed E-state index contributed by atoms with van der Waals surface area (Å²) in [6.07, 6.45) is 9.92. The molecule has 0 saturated carbocycles. The topological polar surface area (TPSA) is 121 Å². The van der Waals surface area contributed by atoms with E-state index in [9.17, 15) is 9.59 Å². The lowest BCUT2D eigenvalue weighted by Crippen LogP contribution is -2.43. The highest BCUT2D eigenvalue weighted by molar-refractivity contribution is 5.83. The number of fused-ring (bicyclic) bond motifs is 4. The van der Waals surface area contributed by atoms with Crippen molar-refractivity contribution in [2.45, 2.75) is 34.1 Å². The van der Waals surface area contributed by atoms with Gasteiger partial charge in [0.1, 0.15) is 36.4 Å². The van der Waals surface area contributed by atoms with Gasteiger partial charge in [-0.2, -0.15) is 0 Å². The van der Waals surface area contributed by atoms with Crippen molar-refractivity contribution in [1.82, 2.24) is 40.4 Å². The van der Waals surface area contributed by atoms with Gasteiger partial charge in [0.15, 0.2) is 0 Å². The summed E-state index contributed by atoms with van der Waals surface area (Å²) in [5.74, 6) is 2.05. The lowest BCUT2D eigenvalue weighted by Gasteiger charge is -2.40. The van der Waals surface area contributed by atoms with Gasteiger partial charge in [-0.05, 0) is 38.3 Å². The van der Waals surface area contributed by atoms with Crippen LogP contribution in [0.1, 0.15) is 34.1 Å². The molecule has 14 nitrogen and oxygen atoms in total. The van der Waals surface area contributed by atoms with Crippen LogP contribution < -0.4 is 10.6 Å². The number of amides is 2. The van der Waals surface area contributed by atoms with Crippen molar-refractivity contribution in [3.05, 3.63) is 69.4 Å².